The Morgan fingerprint density at radius 1 is 0.970 bits per heavy atom. The highest BCUT2D eigenvalue weighted by Gasteiger charge is 2.37. The molecule has 0 fully saturated rings. The molecule has 0 saturated heterocycles. The number of nitro benzene ring substituents is 1. The number of carbonyl (C=O) groups excluding carboxylic acids is 1. The van der Waals surface area contributed by atoms with Crippen LogP contribution in [0, 0.1) is 15.9 Å². The van der Waals surface area contributed by atoms with Gasteiger partial charge in [-0.25, -0.2) is 9.18 Å². The molecule has 3 aromatic rings. The van der Waals surface area contributed by atoms with E-state index in [0.717, 1.165) is 24.3 Å². The first-order chi connectivity index (χ1) is 15.5. The van der Waals surface area contributed by atoms with Crippen LogP contribution in [0.15, 0.2) is 54.6 Å². The Hall–Kier alpha value is -3.86. The molecule has 0 saturated carbocycles. The summed E-state index contributed by atoms with van der Waals surface area (Å²) in [6.45, 7) is 0. The summed E-state index contributed by atoms with van der Waals surface area (Å²) in [4.78, 5) is 22.1. The van der Waals surface area contributed by atoms with Gasteiger partial charge >= 0.3 is 17.8 Å². The summed E-state index contributed by atoms with van der Waals surface area (Å²) in [5.41, 5.74) is -1.87. The van der Waals surface area contributed by atoms with Crippen molar-refractivity contribution in [2.24, 2.45) is 0 Å². The summed E-state index contributed by atoms with van der Waals surface area (Å²) >= 11 is 5.55. The Morgan fingerprint density at radius 2 is 1.61 bits per heavy atom. The van der Waals surface area contributed by atoms with Crippen LogP contribution in [0.5, 0.6) is 23.0 Å². The van der Waals surface area contributed by atoms with Gasteiger partial charge in [-0.3, -0.25) is 10.1 Å². The van der Waals surface area contributed by atoms with Crippen molar-refractivity contribution in [1.29, 1.82) is 0 Å². The van der Waals surface area contributed by atoms with Crippen LogP contribution in [0.4, 0.5) is 23.2 Å². The third kappa shape index (κ3) is 5.50. The lowest BCUT2D eigenvalue weighted by Gasteiger charge is -2.13. The van der Waals surface area contributed by atoms with E-state index in [1.54, 1.807) is 0 Å². The minimum Gasteiger partial charge on any atom is -0.465 e. The molecule has 0 amide bonds. The summed E-state index contributed by atoms with van der Waals surface area (Å²) in [7, 11) is 1.21. The predicted molar refractivity (Wildman–Crippen MR) is 107 cm³/mol. The van der Waals surface area contributed by atoms with E-state index >= 15 is 0 Å². The number of ether oxygens (including phenoxy) is 3. The van der Waals surface area contributed by atoms with Crippen molar-refractivity contribution in [2.45, 2.75) is 6.18 Å². The van der Waals surface area contributed by atoms with Crippen LogP contribution in [0.25, 0.3) is 0 Å². The molecule has 12 heteroatoms. The first-order valence-corrected chi connectivity index (χ1v) is 9.26. The molecule has 3 rings (SSSR count). The second-order valence-electron chi connectivity index (χ2n) is 6.37. The highest BCUT2D eigenvalue weighted by atomic mass is 35.5. The van der Waals surface area contributed by atoms with Crippen LogP contribution in [0.2, 0.25) is 5.02 Å². The van der Waals surface area contributed by atoms with Gasteiger partial charge in [-0.05, 0) is 30.3 Å². The number of halogens is 5. The first-order valence-electron chi connectivity index (χ1n) is 8.88. The Bertz CT molecular complexity index is 1190. The molecule has 0 aliphatic rings. The molecule has 0 atom stereocenters. The van der Waals surface area contributed by atoms with Crippen LogP contribution >= 0.6 is 11.6 Å². The standard InChI is InChI=1S/C21H12ClF4NO6/c1-31-20(28)11-2-4-12(5-3-11)33-18-10-13(6-7-17(18)27(29)30)32-14-8-15(22)19(16(23)9-14)21(24,25)26/h2-10H,1H3. The molecule has 172 valence electrons. The molecular formula is C21H12ClF4NO6. The van der Waals surface area contributed by atoms with Crippen molar-refractivity contribution >= 4 is 23.3 Å². The van der Waals surface area contributed by atoms with Gasteiger partial charge in [0, 0.05) is 24.3 Å². The fourth-order valence-electron chi connectivity index (χ4n) is 2.71. The quantitative estimate of drug-likeness (QED) is 0.165. The number of nitro groups is 1. The number of alkyl halides is 3. The van der Waals surface area contributed by atoms with Gasteiger partial charge in [0.2, 0.25) is 5.75 Å². The largest absolute Gasteiger partial charge is 0.465 e. The van der Waals surface area contributed by atoms with Crippen molar-refractivity contribution in [3.8, 4) is 23.0 Å². The van der Waals surface area contributed by atoms with Gasteiger partial charge in [0.1, 0.15) is 28.6 Å². The van der Waals surface area contributed by atoms with E-state index in [0.29, 0.717) is 6.07 Å². The fourth-order valence-corrected chi connectivity index (χ4v) is 3.02. The van der Waals surface area contributed by atoms with E-state index < -0.39 is 39.2 Å². The van der Waals surface area contributed by atoms with Crippen molar-refractivity contribution < 1.29 is 41.5 Å². The number of hydrogen-bond donors (Lipinski definition) is 0. The Labute approximate surface area is 188 Å². The van der Waals surface area contributed by atoms with Crippen LogP contribution in [0.1, 0.15) is 15.9 Å². The van der Waals surface area contributed by atoms with Gasteiger partial charge in [-0.15, -0.1) is 0 Å². The summed E-state index contributed by atoms with van der Waals surface area (Å²) in [5, 5.41) is 10.4. The zero-order valence-corrected chi connectivity index (χ0v) is 17.2. The summed E-state index contributed by atoms with van der Waals surface area (Å²) < 4.78 is 67.9. The molecule has 0 aliphatic heterocycles. The van der Waals surface area contributed by atoms with Crippen molar-refractivity contribution in [1.82, 2.24) is 0 Å². The third-order valence-electron chi connectivity index (χ3n) is 4.17. The molecule has 0 bridgehead atoms. The van der Waals surface area contributed by atoms with E-state index in [2.05, 4.69) is 4.74 Å². The molecule has 0 spiro atoms. The molecule has 7 nitrogen and oxygen atoms in total. The number of benzene rings is 3. The molecule has 3 aromatic carbocycles. The average molecular weight is 486 g/mol. The van der Waals surface area contributed by atoms with Crippen LogP contribution in [-0.2, 0) is 10.9 Å². The van der Waals surface area contributed by atoms with E-state index in [4.69, 9.17) is 21.1 Å². The maximum Gasteiger partial charge on any atom is 0.420 e. The summed E-state index contributed by atoms with van der Waals surface area (Å²) in [6, 6.07) is 10.0. The van der Waals surface area contributed by atoms with Gasteiger partial charge < -0.3 is 14.2 Å². The van der Waals surface area contributed by atoms with Gasteiger partial charge in [-0.1, -0.05) is 11.6 Å². The smallest absolute Gasteiger partial charge is 0.420 e. The van der Waals surface area contributed by atoms with Gasteiger partial charge in [0.15, 0.2) is 0 Å². The molecule has 0 aromatic heterocycles. The maximum absolute atomic E-state index is 13.9. The highest BCUT2D eigenvalue weighted by molar-refractivity contribution is 6.31. The second-order valence-corrected chi connectivity index (χ2v) is 6.77. The van der Waals surface area contributed by atoms with Crippen molar-refractivity contribution in [2.75, 3.05) is 7.11 Å². The Balaban J connectivity index is 1.91. The second kappa shape index (κ2) is 9.33. The van der Waals surface area contributed by atoms with E-state index in [9.17, 15) is 32.5 Å². The number of nitrogens with zero attached hydrogens (tertiary/aromatic N) is 1. The molecule has 0 N–H and O–H groups in total. The third-order valence-corrected chi connectivity index (χ3v) is 4.46. The lowest BCUT2D eigenvalue weighted by molar-refractivity contribution is -0.385. The maximum atomic E-state index is 13.9. The van der Waals surface area contributed by atoms with Crippen molar-refractivity contribution in [3.05, 3.63) is 86.7 Å². The Morgan fingerprint density at radius 3 is 2.15 bits per heavy atom. The van der Waals surface area contributed by atoms with E-state index in [1.165, 1.54) is 31.4 Å². The number of methoxy groups -OCH3 is 1. The topological polar surface area (TPSA) is 87.9 Å². The summed E-state index contributed by atoms with van der Waals surface area (Å²) in [6.07, 6.45) is -5.00. The van der Waals surface area contributed by atoms with Crippen molar-refractivity contribution in [3.63, 3.8) is 0 Å². The summed E-state index contributed by atoms with van der Waals surface area (Å²) in [5.74, 6) is -2.85. The molecule has 0 aliphatic carbocycles. The minimum absolute atomic E-state index is 0.1000. The van der Waals surface area contributed by atoms with Gasteiger partial charge in [-0.2, -0.15) is 13.2 Å². The molecule has 0 heterocycles. The fraction of sp³-hybridized carbons (Fsp3) is 0.0952. The zero-order chi connectivity index (χ0) is 24.3. The lowest BCUT2D eigenvalue weighted by atomic mass is 10.2. The van der Waals surface area contributed by atoms with Gasteiger partial charge in [0.25, 0.3) is 0 Å². The number of rotatable bonds is 6. The number of hydrogen-bond acceptors (Lipinski definition) is 6. The Kier molecular flexibility index (Phi) is 6.73. The van der Waals surface area contributed by atoms with E-state index in [1.807, 2.05) is 0 Å². The zero-order valence-electron chi connectivity index (χ0n) is 16.5. The van der Waals surface area contributed by atoms with Crippen LogP contribution in [-0.4, -0.2) is 18.0 Å². The average Bonchev–Trinajstić information content (AvgIpc) is 2.72. The highest BCUT2D eigenvalue weighted by Crippen LogP contribution is 2.41. The molecule has 33 heavy (non-hydrogen) atoms. The normalized spacial score (nSPS) is 11.1. The molecular weight excluding hydrogens is 474 g/mol. The van der Waals surface area contributed by atoms with Crippen LogP contribution in [0.3, 0.4) is 0 Å². The predicted octanol–water partition coefficient (Wildman–Crippen LogP) is 6.78. The molecule has 0 radical (unpaired) electrons. The van der Waals surface area contributed by atoms with E-state index in [-0.39, 0.29) is 28.6 Å². The monoisotopic (exact) mass is 485 g/mol. The molecule has 0 unspecified atom stereocenters. The SMILES string of the molecule is COC(=O)c1ccc(Oc2cc(Oc3cc(F)c(C(F)(F)F)c(Cl)c3)ccc2[N+](=O)[O-])cc1. The first kappa shape index (κ1) is 23.8. The van der Waals surface area contributed by atoms with Gasteiger partial charge in [0.05, 0.1) is 22.6 Å². The number of carbonyl (C=O) groups is 1. The van der Waals surface area contributed by atoms with Crippen LogP contribution < -0.4 is 9.47 Å². The lowest BCUT2D eigenvalue weighted by Crippen LogP contribution is -2.09. The minimum atomic E-state index is -5.00. The number of esters is 1.